The van der Waals surface area contributed by atoms with E-state index in [9.17, 15) is 4.21 Å². The van der Waals surface area contributed by atoms with Gasteiger partial charge in [-0.15, -0.1) is 0 Å². The lowest BCUT2D eigenvalue weighted by Gasteiger charge is -2.02. The van der Waals surface area contributed by atoms with Crippen LogP contribution in [0.5, 0.6) is 0 Å². The molecule has 108 valence electrons. The number of hydrogen-bond acceptors (Lipinski definition) is 3. The average molecular weight is 312 g/mol. The molecule has 0 aliphatic carbocycles. The second-order valence-electron chi connectivity index (χ2n) is 4.50. The van der Waals surface area contributed by atoms with Gasteiger partial charge in [-0.2, -0.15) is 0 Å². The van der Waals surface area contributed by atoms with Crippen LogP contribution in [0.3, 0.4) is 0 Å². The number of nitrogens with one attached hydrogen (secondary N) is 1. The third-order valence-corrected chi connectivity index (χ3v) is 4.32. The predicted octanol–water partition coefficient (Wildman–Crippen LogP) is 3.49. The first kappa shape index (κ1) is 15.3. The van der Waals surface area contributed by atoms with Gasteiger partial charge in [-0.1, -0.05) is 30.7 Å². The number of halogens is 1. The highest BCUT2D eigenvalue weighted by Crippen LogP contribution is 2.14. The molecule has 0 saturated carbocycles. The Morgan fingerprint density at radius 3 is 2.50 bits per heavy atom. The maximum Gasteiger partial charge on any atom is 0.118 e. The first-order valence-corrected chi connectivity index (χ1v) is 8.41. The fourth-order valence-electron chi connectivity index (χ4n) is 1.82. The van der Waals surface area contributed by atoms with Crippen LogP contribution in [0.2, 0.25) is 5.02 Å². The molecule has 5 heteroatoms. The smallest absolute Gasteiger partial charge is 0.118 e. The largest absolute Gasteiger partial charge is 0.464 e. The molecule has 2 aromatic rings. The average Bonchev–Trinajstić information content (AvgIpc) is 2.86. The van der Waals surface area contributed by atoms with E-state index >= 15 is 0 Å². The molecule has 0 spiro atoms. The standard InChI is InChI=1S/C15H18ClNO2S/c1-2-17-9-14-7-8-15(19-14)11-20(18)10-12-3-5-13(16)6-4-12/h3-8,17H,2,9-11H2,1H3. The van der Waals surface area contributed by atoms with E-state index in [1.54, 1.807) is 0 Å². The number of benzene rings is 1. The fourth-order valence-corrected chi connectivity index (χ4v) is 3.08. The lowest BCUT2D eigenvalue weighted by atomic mass is 10.2. The van der Waals surface area contributed by atoms with Crippen LogP contribution in [0.25, 0.3) is 0 Å². The van der Waals surface area contributed by atoms with Gasteiger partial charge in [0, 0.05) is 21.6 Å². The highest BCUT2D eigenvalue weighted by atomic mass is 35.5. The van der Waals surface area contributed by atoms with Crippen molar-refractivity contribution in [2.45, 2.75) is 25.0 Å². The van der Waals surface area contributed by atoms with Gasteiger partial charge in [0.15, 0.2) is 0 Å². The molecule has 0 amide bonds. The van der Waals surface area contributed by atoms with Gasteiger partial charge in [0.2, 0.25) is 0 Å². The number of hydrogen-bond donors (Lipinski definition) is 1. The summed E-state index contributed by atoms with van der Waals surface area (Å²) in [5.74, 6) is 2.60. The molecular weight excluding hydrogens is 294 g/mol. The first-order valence-electron chi connectivity index (χ1n) is 6.55. The molecule has 0 saturated heterocycles. The Labute approximate surface area is 126 Å². The summed E-state index contributed by atoms with van der Waals surface area (Å²) in [6, 6.07) is 11.3. The van der Waals surface area contributed by atoms with Crippen LogP contribution >= 0.6 is 11.6 Å². The molecule has 3 nitrogen and oxygen atoms in total. The highest BCUT2D eigenvalue weighted by Gasteiger charge is 2.07. The number of furan rings is 1. The normalized spacial score (nSPS) is 12.5. The first-order chi connectivity index (χ1) is 9.67. The summed E-state index contributed by atoms with van der Waals surface area (Å²) < 4.78 is 17.7. The zero-order valence-electron chi connectivity index (χ0n) is 11.4. The zero-order chi connectivity index (χ0) is 14.4. The van der Waals surface area contributed by atoms with Crippen LogP contribution in [0.15, 0.2) is 40.8 Å². The van der Waals surface area contributed by atoms with Crippen LogP contribution < -0.4 is 5.32 Å². The minimum atomic E-state index is -0.978. The maximum absolute atomic E-state index is 12.1. The van der Waals surface area contributed by atoms with E-state index in [-0.39, 0.29) is 0 Å². The molecule has 1 N–H and O–H groups in total. The van der Waals surface area contributed by atoms with Crippen molar-refractivity contribution in [3.05, 3.63) is 58.5 Å². The molecule has 1 unspecified atom stereocenters. The van der Waals surface area contributed by atoms with Gasteiger partial charge in [-0.25, -0.2) is 0 Å². The molecule has 0 fully saturated rings. The summed E-state index contributed by atoms with van der Waals surface area (Å²) in [7, 11) is -0.978. The minimum absolute atomic E-state index is 0.439. The van der Waals surface area contributed by atoms with E-state index in [0.29, 0.717) is 23.1 Å². The molecular formula is C15H18ClNO2S. The fraction of sp³-hybridized carbons (Fsp3) is 0.333. The summed E-state index contributed by atoms with van der Waals surface area (Å²) in [5, 5.41) is 3.89. The van der Waals surface area contributed by atoms with Crippen LogP contribution in [-0.4, -0.2) is 10.8 Å². The van der Waals surface area contributed by atoms with Crippen molar-refractivity contribution in [2.24, 2.45) is 0 Å². The van der Waals surface area contributed by atoms with Gasteiger partial charge in [-0.3, -0.25) is 4.21 Å². The third-order valence-electron chi connectivity index (χ3n) is 2.81. The van der Waals surface area contributed by atoms with E-state index in [2.05, 4.69) is 5.32 Å². The van der Waals surface area contributed by atoms with Crippen molar-refractivity contribution in [2.75, 3.05) is 6.54 Å². The predicted molar refractivity (Wildman–Crippen MR) is 83.1 cm³/mol. The Hall–Kier alpha value is -1.10. The van der Waals surface area contributed by atoms with Crippen molar-refractivity contribution >= 4 is 22.4 Å². The maximum atomic E-state index is 12.1. The van der Waals surface area contributed by atoms with Crippen molar-refractivity contribution in [3.63, 3.8) is 0 Å². The third kappa shape index (κ3) is 4.78. The monoisotopic (exact) mass is 311 g/mol. The Morgan fingerprint density at radius 1 is 1.10 bits per heavy atom. The van der Waals surface area contributed by atoms with E-state index in [0.717, 1.165) is 23.6 Å². The molecule has 0 radical (unpaired) electrons. The van der Waals surface area contributed by atoms with E-state index in [1.807, 2.05) is 43.3 Å². The molecule has 1 atom stereocenters. The molecule has 1 heterocycles. The molecule has 1 aromatic carbocycles. The lowest BCUT2D eigenvalue weighted by molar-refractivity contribution is 0.461. The van der Waals surface area contributed by atoms with Gasteiger partial charge >= 0.3 is 0 Å². The summed E-state index contributed by atoms with van der Waals surface area (Å²) in [6.45, 7) is 3.66. The Kier molecular flexibility index (Phi) is 5.83. The second-order valence-corrected chi connectivity index (χ2v) is 6.40. The molecule has 0 bridgehead atoms. The number of rotatable bonds is 7. The van der Waals surface area contributed by atoms with Crippen LogP contribution in [0.1, 0.15) is 24.0 Å². The highest BCUT2D eigenvalue weighted by molar-refractivity contribution is 7.83. The molecule has 0 aliphatic heterocycles. The van der Waals surface area contributed by atoms with Crippen molar-refractivity contribution < 1.29 is 8.63 Å². The molecule has 20 heavy (non-hydrogen) atoms. The van der Waals surface area contributed by atoms with Gasteiger partial charge in [0.05, 0.1) is 12.3 Å². The van der Waals surface area contributed by atoms with Crippen LogP contribution in [0, 0.1) is 0 Å². The molecule has 1 aromatic heterocycles. The summed E-state index contributed by atoms with van der Waals surface area (Å²) in [4.78, 5) is 0. The summed E-state index contributed by atoms with van der Waals surface area (Å²) in [5.41, 5.74) is 1.02. The van der Waals surface area contributed by atoms with Crippen molar-refractivity contribution in [1.29, 1.82) is 0 Å². The van der Waals surface area contributed by atoms with Crippen LogP contribution in [0.4, 0.5) is 0 Å². The Morgan fingerprint density at radius 2 is 1.80 bits per heavy atom. The minimum Gasteiger partial charge on any atom is -0.464 e. The van der Waals surface area contributed by atoms with E-state index in [4.69, 9.17) is 16.0 Å². The van der Waals surface area contributed by atoms with Crippen molar-refractivity contribution in [3.8, 4) is 0 Å². The summed E-state index contributed by atoms with van der Waals surface area (Å²) >= 11 is 5.83. The topological polar surface area (TPSA) is 42.2 Å². The molecule has 2 rings (SSSR count). The van der Waals surface area contributed by atoms with Gasteiger partial charge in [0.25, 0.3) is 0 Å². The zero-order valence-corrected chi connectivity index (χ0v) is 13.0. The van der Waals surface area contributed by atoms with Crippen LogP contribution in [-0.2, 0) is 28.9 Å². The van der Waals surface area contributed by atoms with E-state index < -0.39 is 10.8 Å². The Bertz CT molecular complexity index is 566. The lowest BCUT2D eigenvalue weighted by Crippen LogP contribution is -2.10. The van der Waals surface area contributed by atoms with Crippen molar-refractivity contribution in [1.82, 2.24) is 5.32 Å². The van der Waals surface area contributed by atoms with Gasteiger partial charge < -0.3 is 9.73 Å². The van der Waals surface area contributed by atoms with E-state index in [1.165, 1.54) is 0 Å². The van der Waals surface area contributed by atoms with Gasteiger partial charge in [0.1, 0.15) is 11.5 Å². The summed E-state index contributed by atoms with van der Waals surface area (Å²) in [6.07, 6.45) is 0. The van der Waals surface area contributed by atoms with Gasteiger partial charge in [-0.05, 0) is 36.4 Å². The molecule has 0 aliphatic rings. The Balaban J connectivity index is 1.87. The second kappa shape index (κ2) is 7.62. The SMILES string of the molecule is CCNCc1ccc(CS(=O)Cc2ccc(Cl)cc2)o1. The quantitative estimate of drug-likeness (QED) is 0.851.